The number of nitrogens with zero attached hydrogens (tertiary/aromatic N) is 2. The smallest absolute Gasteiger partial charge is 0.105 e. The van der Waals surface area contributed by atoms with Crippen molar-refractivity contribution in [2.45, 2.75) is 19.8 Å². The Bertz CT molecular complexity index is 452. The number of amidine groups is 1. The van der Waals surface area contributed by atoms with Crippen LogP contribution in [-0.4, -0.2) is 23.8 Å². The summed E-state index contributed by atoms with van der Waals surface area (Å²) in [5.41, 5.74) is 2.14. The van der Waals surface area contributed by atoms with Crippen LogP contribution in [0.3, 0.4) is 0 Å². The zero-order chi connectivity index (χ0) is 12.3. The highest BCUT2D eigenvalue weighted by Gasteiger charge is 2.17. The molecule has 0 atom stereocenters. The number of hydrogen-bond donors (Lipinski definition) is 0. The van der Waals surface area contributed by atoms with E-state index < -0.39 is 0 Å². The second kappa shape index (κ2) is 5.37. The Morgan fingerprint density at radius 2 is 2.35 bits per heavy atom. The van der Waals surface area contributed by atoms with Crippen molar-refractivity contribution in [3.05, 3.63) is 41.4 Å². The van der Waals surface area contributed by atoms with E-state index in [1.165, 1.54) is 6.42 Å². The largest absolute Gasteiger partial charge is 0.356 e. The summed E-state index contributed by atoms with van der Waals surface area (Å²) in [5, 5.41) is 0.765. The molecule has 1 aromatic carbocycles. The van der Waals surface area contributed by atoms with Gasteiger partial charge in [-0.25, -0.2) is 4.99 Å². The van der Waals surface area contributed by atoms with E-state index in [0.29, 0.717) is 0 Å². The van der Waals surface area contributed by atoms with Gasteiger partial charge < -0.3 is 4.90 Å². The SMILES string of the molecule is C=CCN1CCCC1=Nc1ccc(Cl)cc1C. The summed E-state index contributed by atoms with van der Waals surface area (Å²) in [5.74, 6) is 1.16. The average molecular weight is 249 g/mol. The van der Waals surface area contributed by atoms with E-state index in [9.17, 15) is 0 Å². The number of aryl methyl sites for hydroxylation is 1. The van der Waals surface area contributed by atoms with Crippen molar-refractivity contribution < 1.29 is 0 Å². The van der Waals surface area contributed by atoms with Crippen molar-refractivity contribution in [3.8, 4) is 0 Å². The first kappa shape index (κ1) is 12.2. The van der Waals surface area contributed by atoms with Gasteiger partial charge in [0.15, 0.2) is 0 Å². The van der Waals surface area contributed by atoms with Gasteiger partial charge in [0.2, 0.25) is 0 Å². The van der Waals surface area contributed by atoms with E-state index >= 15 is 0 Å². The molecule has 1 aliphatic rings. The fourth-order valence-corrected chi connectivity index (χ4v) is 2.30. The number of rotatable bonds is 3. The van der Waals surface area contributed by atoms with Gasteiger partial charge in [0, 0.05) is 24.5 Å². The topological polar surface area (TPSA) is 15.6 Å². The highest BCUT2D eigenvalue weighted by Crippen LogP contribution is 2.24. The van der Waals surface area contributed by atoms with Gasteiger partial charge in [-0.1, -0.05) is 17.7 Å². The van der Waals surface area contributed by atoms with Gasteiger partial charge in [0.25, 0.3) is 0 Å². The van der Waals surface area contributed by atoms with Crippen molar-refractivity contribution >= 4 is 23.1 Å². The van der Waals surface area contributed by atoms with Gasteiger partial charge in [-0.3, -0.25) is 0 Å². The lowest BCUT2D eigenvalue weighted by molar-refractivity contribution is 0.502. The van der Waals surface area contributed by atoms with Crippen LogP contribution in [0.15, 0.2) is 35.8 Å². The number of benzene rings is 1. The van der Waals surface area contributed by atoms with Gasteiger partial charge in [-0.15, -0.1) is 6.58 Å². The van der Waals surface area contributed by atoms with E-state index in [-0.39, 0.29) is 0 Å². The first-order valence-electron chi connectivity index (χ1n) is 5.90. The molecule has 2 nitrogen and oxygen atoms in total. The van der Waals surface area contributed by atoms with Crippen LogP contribution >= 0.6 is 11.6 Å². The highest BCUT2D eigenvalue weighted by molar-refractivity contribution is 6.30. The maximum absolute atomic E-state index is 5.94. The molecule has 0 aromatic heterocycles. The normalized spacial score (nSPS) is 17.8. The van der Waals surface area contributed by atoms with Crippen LogP contribution in [0.1, 0.15) is 18.4 Å². The van der Waals surface area contributed by atoms with E-state index in [1.54, 1.807) is 0 Å². The van der Waals surface area contributed by atoms with E-state index in [1.807, 2.05) is 31.2 Å². The molecular weight excluding hydrogens is 232 g/mol. The minimum Gasteiger partial charge on any atom is -0.356 e. The number of likely N-dealkylation sites (tertiary alicyclic amines) is 1. The summed E-state index contributed by atoms with van der Waals surface area (Å²) in [6.07, 6.45) is 4.16. The van der Waals surface area contributed by atoms with Crippen LogP contribution in [0.2, 0.25) is 5.02 Å². The van der Waals surface area contributed by atoms with Crippen molar-refractivity contribution in [3.63, 3.8) is 0 Å². The standard InChI is InChI=1S/C14H17ClN2/c1-3-8-17-9-4-5-14(17)16-13-7-6-12(15)10-11(13)2/h3,6-7,10H,1,4-5,8-9H2,2H3. The molecule has 2 rings (SSSR count). The monoisotopic (exact) mass is 248 g/mol. The molecule has 0 spiro atoms. The Morgan fingerprint density at radius 3 is 3.06 bits per heavy atom. The van der Waals surface area contributed by atoms with Gasteiger partial charge in [0.05, 0.1) is 5.69 Å². The maximum Gasteiger partial charge on any atom is 0.105 e. The Hall–Kier alpha value is -1.28. The molecule has 17 heavy (non-hydrogen) atoms. The van der Waals surface area contributed by atoms with Crippen LogP contribution in [0, 0.1) is 6.92 Å². The maximum atomic E-state index is 5.94. The summed E-state index contributed by atoms with van der Waals surface area (Å²) in [6.45, 7) is 7.78. The lowest BCUT2D eigenvalue weighted by atomic mass is 10.2. The second-order valence-electron chi connectivity index (χ2n) is 4.30. The molecule has 1 fully saturated rings. The quantitative estimate of drug-likeness (QED) is 0.740. The first-order valence-corrected chi connectivity index (χ1v) is 6.28. The fourth-order valence-electron chi connectivity index (χ4n) is 2.08. The first-order chi connectivity index (χ1) is 8.20. The van der Waals surface area contributed by atoms with Gasteiger partial charge in [-0.2, -0.15) is 0 Å². The number of halogens is 1. The summed E-state index contributed by atoms with van der Waals surface area (Å²) >= 11 is 5.94. The third-order valence-electron chi connectivity index (χ3n) is 2.95. The predicted octanol–water partition coefficient (Wildman–Crippen LogP) is 3.96. The second-order valence-corrected chi connectivity index (χ2v) is 4.73. The Labute approximate surface area is 108 Å². The molecule has 3 heteroatoms. The molecule has 0 saturated carbocycles. The zero-order valence-corrected chi connectivity index (χ0v) is 10.9. The third-order valence-corrected chi connectivity index (χ3v) is 3.19. The van der Waals surface area contributed by atoms with Crippen LogP contribution in [-0.2, 0) is 0 Å². The van der Waals surface area contributed by atoms with Crippen LogP contribution in [0.25, 0.3) is 0 Å². The number of hydrogen-bond acceptors (Lipinski definition) is 1. The van der Waals surface area contributed by atoms with Crippen molar-refractivity contribution in [2.75, 3.05) is 13.1 Å². The number of aliphatic imine (C=N–C) groups is 1. The molecule has 90 valence electrons. The van der Waals surface area contributed by atoms with Crippen LogP contribution in [0.5, 0.6) is 0 Å². The summed E-state index contributed by atoms with van der Waals surface area (Å²) < 4.78 is 0. The van der Waals surface area contributed by atoms with Crippen LogP contribution in [0.4, 0.5) is 5.69 Å². The molecule has 1 saturated heterocycles. The lowest BCUT2D eigenvalue weighted by Crippen LogP contribution is -2.24. The van der Waals surface area contributed by atoms with Crippen molar-refractivity contribution in [1.29, 1.82) is 0 Å². The Morgan fingerprint density at radius 1 is 1.53 bits per heavy atom. The summed E-state index contributed by atoms with van der Waals surface area (Å²) in [7, 11) is 0. The fraction of sp³-hybridized carbons (Fsp3) is 0.357. The Kier molecular flexibility index (Phi) is 3.85. The minimum atomic E-state index is 0.765. The van der Waals surface area contributed by atoms with Crippen LogP contribution < -0.4 is 0 Å². The molecular formula is C14H17ClN2. The molecule has 0 N–H and O–H groups in total. The van der Waals surface area contributed by atoms with Crippen molar-refractivity contribution in [1.82, 2.24) is 4.90 Å². The molecule has 0 radical (unpaired) electrons. The molecule has 0 unspecified atom stereocenters. The van der Waals surface area contributed by atoms with Gasteiger partial charge >= 0.3 is 0 Å². The van der Waals surface area contributed by atoms with Gasteiger partial charge in [-0.05, 0) is 37.1 Å². The van der Waals surface area contributed by atoms with E-state index in [0.717, 1.165) is 41.6 Å². The average Bonchev–Trinajstić information content (AvgIpc) is 2.71. The summed E-state index contributed by atoms with van der Waals surface area (Å²) in [4.78, 5) is 7.01. The van der Waals surface area contributed by atoms with E-state index in [2.05, 4.69) is 11.5 Å². The van der Waals surface area contributed by atoms with Gasteiger partial charge in [0.1, 0.15) is 5.84 Å². The highest BCUT2D eigenvalue weighted by atomic mass is 35.5. The van der Waals surface area contributed by atoms with Crippen molar-refractivity contribution in [2.24, 2.45) is 4.99 Å². The predicted molar refractivity (Wildman–Crippen MR) is 74.3 cm³/mol. The molecule has 0 amide bonds. The third kappa shape index (κ3) is 2.89. The zero-order valence-electron chi connectivity index (χ0n) is 10.1. The molecule has 1 heterocycles. The molecule has 0 aliphatic carbocycles. The molecule has 1 aromatic rings. The lowest BCUT2D eigenvalue weighted by Gasteiger charge is -2.16. The molecule has 1 aliphatic heterocycles. The van der Waals surface area contributed by atoms with E-state index in [4.69, 9.17) is 16.6 Å². The Balaban J connectivity index is 2.25. The minimum absolute atomic E-state index is 0.765. The summed E-state index contributed by atoms with van der Waals surface area (Å²) in [6, 6.07) is 5.82. The molecule has 0 bridgehead atoms.